The minimum Gasteiger partial charge on any atom is -0.481 e. The highest BCUT2D eigenvalue weighted by molar-refractivity contribution is 9.10. The van der Waals surface area contributed by atoms with Crippen LogP contribution < -0.4 is 0 Å². The molecular weight excluding hydrogens is 296 g/mol. The van der Waals surface area contributed by atoms with Gasteiger partial charge in [0.2, 0.25) is 0 Å². The number of aromatic nitrogens is 2. The van der Waals surface area contributed by atoms with Crippen molar-refractivity contribution in [3.63, 3.8) is 0 Å². The average molecular weight is 309 g/mol. The zero-order chi connectivity index (χ0) is 13.3. The van der Waals surface area contributed by atoms with E-state index in [9.17, 15) is 9.90 Å². The summed E-state index contributed by atoms with van der Waals surface area (Å²) < 4.78 is 2.36. The summed E-state index contributed by atoms with van der Waals surface area (Å²) in [7, 11) is 0. The lowest BCUT2D eigenvalue weighted by Gasteiger charge is -2.16. The van der Waals surface area contributed by atoms with Crippen molar-refractivity contribution >= 4 is 21.9 Å². The summed E-state index contributed by atoms with van der Waals surface area (Å²) in [6.07, 6.45) is 1.77. The first-order valence-corrected chi connectivity index (χ1v) is 6.26. The molecule has 0 amide bonds. The standard InChI is InChI=1S/C13H13BrN2O2/c1-13(2,12(17)18)11-10(14)8-16(15-11)9-6-4-3-5-7-9/h3-8H,1-2H3,(H,17,18). The van der Waals surface area contributed by atoms with Crippen molar-refractivity contribution in [2.45, 2.75) is 19.3 Å². The Balaban J connectivity index is 2.49. The van der Waals surface area contributed by atoms with Crippen molar-refractivity contribution in [1.82, 2.24) is 9.78 Å². The summed E-state index contributed by atoms with van der Waals surface area (Å²) in [4.78, 5) is 11.2. The molecule has 1 heterocycles. The Hall–Kier alpha value is -1.62. The molecule has 0 atom stereocenters. The number of halogens is 1. The third kappa shape index (κ3) is 2.18. The molecule has 0 saturated carbocycles. The van der Waals surface area contributed by atoms with Crippen LogP contribution in [0.4, 0.5) is 0 Å². The van der Waals surface area contributed by atoms with E-state index in [2.05, 4.69) is 21.0 Å². The van der Waals surface area contributed by atoms with Gasteiger partial charge in [0.1, 0.15) is 5.41 Å². The third-order valence-electron chi connectivity index (χ3n) is 2.82. The summed E-state index contributed by atoms with van der Waals surface area (Å²) in [6, 6.07) is 9.57. The van der Waals surface area contributed by atoms with Gasteiger partial charge in [-0.2, -0.15) is 5.10 Å². The van der Waals surface area contributed by atoms with E-state index in [-0.39, 0.29) is 0 Å². The molecular formula is C13H13BrN2O2. The summed E-state index contributed by atoms with van der Waals surface area (Å²) in [5.41, 5.74) is 0.378. The zero-order valence-corrected chi connectivity index (χ0v) is 11.7. The molecule has 0 aliphatic rings. The number of hydrogen-bond acceptors (Lipinski definition) is 2. The molecule has 94 valence electrons. The number of carboxylic acids is 1. The van der Waals surface area contributed by atoms with Crippen molar-refractivity contribution < 1.29 is 9.90 Å². The molecule has 0 bridgehead atoms. The molecule has 0 radical (unpaired) electrons. The maximum atomic E-state index is 11.2. The summed E-state index contributed by atoms with van der Waals surface area (Å²) in [6.45, 7) is 3.27. The minimum absolute atomic E-state index is 0.513. The maximum absolute atomic E-state index is 11.2. The van der Waals surface area contributed by atoms with Crippen molar-refractivity contribution in [3.05, 3.63) is 46.7 Å². The van der Waals surface area contributed by atoms with Gasteiger partial charge in [-0.25, -0.2) is 4.68 Å². The van der Waals surface area contributed by atoms with Crippen molar-refractivity contribution in [3.8, 4) is 5.69 Å². The monoisotopic (exact) mass is 308 g/mol. The first-order chi connectivity index (χ1) is 8.43. The molecule has 0 aliphatic heterocycles. The van der Waals surface area contributed by atoms with Gasteiger partial charge in [0, 0.05) is 6.20 Å². The van der Waals surface area contributed by atoms with Gasteiger partial charge in [-0.3, -0.25) is 4.79 Å². The van der Waals surface area contributed by atoms with Crippen LogP contribution in [0.3, 0.4) is 0 Å². The number of nitrogens with zero attached hydrogens (tertiary/aromatic N) is 2. The molecule has 2 aromatic rings. The van der Waals surface area contributed by atoms with Gasteiger partial charge in [-0.05, 0) is 41.9 Å². The Morgan fingerprint density at radius 3 is 2.50 bits per heavy atom. The lowest BCUT2D eigenvalue weighted by atomic mass is 9.90. The SMILES string of the molecule is CC(C)(C(=O)O)c1nn(-c2ccccc2)cc1Br. The number of benzene rings is 1. The first kappa shape index (κ1) is 12.8. The average Bonchev–Trinajstić information content (AvgIpc) is 2.73. The minimum atomic E-state index is -1.03. The van der Waals surface area contributed by atoms with Crippen LogP contribution in [0.15, 0.2) is 41.0 Å². The second-order valence-corrected chi connectivity index (χ2v) is 5.39. The molecule has 0 saturated heterocycles. The second-order valence-electron chi connectivity index (χ2n) is 4.54. The van der Waals surface area contributed by atoms with E-state index < -0.39 is 11.4 Å². The van der Waals surface area contributed by atoms with E-state index in [1.54, 1.807) is 24.7 Å². The Bertz CT molecular complexity index is 576. The fraction of sp³-hybridized carbons (Fsp3) is 0.231. The first-order valence-electron chi connectivity index (χ1n) is 5.47. The van der Waals surface area contributed by atoms with E-state index in [0.29, 0.717) is 10.2 Å². The van der Waals surface area contributed by atoms with Gasteiger partial charge in [0.15, 0.2) is 0 Å². The van der Waals surface area contributed by atoms with Crippen LogP contribution >= 0.6 is 15.9 Å². The highest BCUT2D eigenvalue weighted by Crippen LogP contribution is 2.29. The van der Waals surface area contributed by atoms with Gasteiger partial charge in [0.25, 0.3) is 0 Å². The third-order valence-corrected chi connectivity index (χ3v) is 3.40. The van der Waals surface area contributed by atoms with Crippen molar-refractivity contribution in [2.24, 2.45) is 0 Å². The van der Waals surface area contributed by atoms with Gasteiger partial charge in [-0.1, -0.05) is 18.2 Å². The zero-order valence-electron chi connectivity index (χ0n) is 10.1. The Labute approximate surface area is 113 Å². The second kappa shape index (κ2) is 4.57. The molecule has 18 heavy (non-hydrogen) atoms. The summed E-state index contributed by atoms with van der Waals surface area (Å²) in [5, 5.41) is 13.6. The Morgan fingerprint density at radius 2 is 1.94 bits per heavy atom. The number of rotatable bonds is 3. The van der Waals surface area contributed by atoms with E-state index in [4.69, 9.17) is 0 Å². The quantitative estimate of drug-likeness (QED) is 0.948. The molecule has 2 rings (SSSR count). The number of aliphatic carboxylic acids is 1. The molecule has 1 N–H and O–H groups in total. The topological polar surface area (TPSA) is 55.1 Å². The Morgan fingerprint density at radius 1 is 1.33 bits per heavy atom. The van der Waals surface area contributed by atoms with Gasteiger partial charge in [0.05, 0.1) is 15.9 Å². The highest BCUT2D eigenvalue weighted by atomic mass is 79.9. The van der Waals surface area contributed by atoms with Crippen LogP contribution in [-0.4, -0.2) is 20.9 Å². The lowest BCUT2D eigenvalue weighted by Crippen LogP contribution is -2.29. The Kier molecular flexibility index (Phi) is 3.26. The highest BCUT2D eigenvalue weighted by Gasteiger charge is 2.34. The van der Waals surface area contributed by atoms with E-state index in [0.717, 1.165) is 5.69 Å². The molecule has 1 aromatic heterocycles. The molecule has 0 aliphatic carbocycles. The lowest BCUT2D eigenvalue weighted by molar-refractivity contribution is -0.142. The van der Waals surface area contributed by atoms with E-state index in [1.807, 2.05) is 30.3 Å². The van der Waals surface area contributed by atoms with Gasteiger partial charge >= 0.3 is 5.97 Å². The number of carboxylic acid groups (broad SMARTS) is 1. The normalized spacial score (nSPS) is 11.5. The largest absolute Gasteiger partial charge is 0.481 e. The summed E-state index contributed by atoms with van der Waals surface area (Å²) in [5.74, 6) is -0.901. The van der Waals surface area contributed by atoms with Crippen LogP contribution in [0.2, 0.25) is 0 Å². The van der Waals surface area contributed by atoms with Crippen LogP contribution in [0.25, 0.3) is 5.69 Å². The molecule has 4 nitrogen and oxygen atoms in total. The van der Waals surface area contributed by atoms with Crippen LogP contribution in [0.1, 0.15) is 19.5 Å². The molecule has 5 heteroatoms. The van der Waals surface area contributed by atoms with Crippen molar-refractivity contribution in [2.75, 3.05) is 0 Å². The number of para-hydroxylation sites is 1. The van der Waals surface area contributed by atoms with Crippen molar-refractivity contribution in [1.29, 1.82) is 0 Å². The van der Waals surface area contributed by atoms with E-state index in [1.165, 1.54) is 0 Å². The molecule has 1 aromatic carbocycles. The van der Waals surface area contributed by atoms with Crippen LogP contribution in [0.5, 0.6) is 0 Å². The van der Waals surface area contributed by atoms with Crippen LogP contribution in [0, 0.1) is 0 Å². The fourth-order valence-corrected chi connectivity index (χ4v) is 2.36. The predicted octanol–water partition coefficient (Wildman–Crippen LogP) is 3.00. The maximum Gasteiger partial charge on any atom is 0.315 e. The molecule has 0 spiro atoms. The van der Waals surface area contributed by atoms with Crippen LogP contribution in [-0.2, 0) is 10.2 Å². The fourth-order valence-electron chi connectivity index (χ4n) is 1.59. The molecule has 0 unspecified atom stereocenters. The van der Waals surface area contributed by atoms with Gasteiger partial charge in [-0.15, -0.1) is 0 Å². The smallest absolute Gasteiger partial charge is 0.315 e. The van der Waals surface area contributed by atoms with Gasteiger partial charge < -0.3 is 5.11 Å². The summed E-state index contributed by atoms with van der Waals surface area (Å²) >= 11 is 3.37. The number of hydrogen-bond donors (Lipinski definition) is 1. The number of carbonyl (C=O) groups is 1. The van der Waals surface area contributed by atoms with E-state index >= 15 is 0 Å². The predicted molar refractivity (Wildman–Crippen MR) is 71.9 cm³/mol. The molecule has 0 fully saturated rings.